The molecule has 1 unspecified atom stereocenters. The van der Waals surface area contributed by atoms with Crippen LogP contribution in [0.4, 0.5) is 0 Å². The van der Waals surface area contributed by atoms with Crippen LogP contribution in [0.3, 0.4) is 0 Å². The molecule has 0 bridgehead atoms. The minimum atomic E-state index is -1.18. The third-order valence-corrected chi connectivity index (χ3v) is 2.22. The molecule has 1 aromatic carbocycles. The minimum Gasteiger partial charge on any atom is -0.494 e. The molecule has 0 radical (unpaired) electrons. The van der Waals surface area contributed by atoms with Crippen LogP contribution in [-0.4, -0.2) is 24.7 Å². The molecule has 5 nitrogen and oxygen atoms in total. The fourth-order valence-corrected chi connectivity index (χ4v) is 1.12. The van der Waals surface area contributed by atoms with Crippen LogP contribution >= 0.6 is 0 Å². The van der Waals surface area contributed by atoms with Crippen molar-refractivity contribution in [3.63, 3.8) is 0 Å². The number of ether oxygens (including phenoxy) is 2. The molecule has 0 aliphatic carbocycles. The molecule has 0 fully saturated rings. The van der Waals surface area contributed by atoms with E-state index < -0.39 is 11.4 Å². The first-order valence-electron chi connectivity index (χ1n) is 5.40. The molecule has 4 N–H and O–H groups in total. The van der Waals surface area contributed by atoms with Gasteiger partial charge in [-0.15, -0.1) is 0 Å². The first-order chi connectivity index (χ1) is 7.95. The van der Waals surface area contributed by atoms with Crippen LogP contribution in [0, 0.1) is 0 Å². The smallest absolute Gasteiger partial charge is 0.240 e. The van der Waals surface area contributed by atoms with Gasteiger partial charge in [0.15, 0.2) is 0 Å². The lowest BCUT2D eigenvalue weighted by atomic mass is 10.1. The maximum Gasteiger partial charge on any atom is 0.240 e. The van der Waals surface area contributed by atoms with E-state index in [9.17, 15) is 4.79 Å². The van der Waals surface area contributed by atoms with Crippen molar-refractivity contribution in [2.24, 2.45) is 11.5 Å². The second-order valence-electron chi connectivity index (χ2n) is 3.98. The molecule has 0 aromatic heterocycles. The van der Waals surface area contributed by atoms with Gasteiger partial charge in [0.25, 0.3) is 0 Å². The van der Waals surface area contributed by atoms with Crippen LogP contribution in [0.2, 0.25) is 0 Å². The molecular formula is C12H18N2O3. The number of hydrogen-bond donors (Lipinski definition) is 2. The van der Waals surface area contributed by atoms with Gasteiger partial charge in [-0.05, 0) is 26.0 Å². The number of primary amides is 1. The number of nitrogens with two attached hydrogens (primary N) is 2. The van der Waals surface area contributed by atoms with E-state index >= 15 is 0 Å². The number of carbonyl (C=O) groups excluding carboxylic acids is 1. The Labute approximate surface area is 101 Å². The second kappa shape index (κ2) is 5.54. The van der Waals surface area contributed by atoms with Gasteiger partial charge in [0.2, 0.25) is 5.91 Å². The zero-order chi connectivity index (χ0) is 12.9. The van der Waals surface area contributed by atoms with Crippen LogP contribution < -0.4 is 20.9 Å². The highest BCUT2D eigenvalue weighted by molar-refractivity contribution is 5.84. The van der Waals surface area contributed by atoms with Crippen molar-refractivity contribution in [2.75, 3.05) is 13.2 Å². The van der Waals surface area contributed by atoms with Crippen molar-refractivity contribution < 1.29 is 14.3 Å². The van der Waals surface area contributed by atoms with Crippen LogP contribution in [0.25, 0.3) is 0 Å². The van der Waals surface area contributed by atoms with E-state index in [2.05, 4.69) is 0 Å². The van der Waals surface area contributed by atoms with E-state index in [4.69, 9.17) is 20.9 Å². The average Bonchev–Trinajstić information content (AvgIpc) is 2.27. The van der Waals surface area contributed by atoms with E-state index in [1.54, 1.807) is 18.2 Å². The molecule has 17 heavy (non-hydrogen) atoms. The Bertz CT molecular complexity index is 391. The lowest BCUT2D eigenvalue weighted by molar-refractivity contribution is -0.123. The first kappa shape index (κ1) is 13.3. The molecule has 0 spiro atoms. The third-order valence-electron chi connectivity index (χ3n) is 2.22. The van der Waals surface area contributed by atoms with E-state index in [1.165, 1.54) is 6.92 Å². The summed E-state index contributed by atoms with van der Waals surface area (Å²) in [5, 5.41) is 0. The van der Waals surface area contributed by atoms with Gasteiger partial charge in [0.05, 0.1) is 6.61 Å². The number of carbonyl (C=O) groups is 1. The lowest BCUT2D eigenvalue weighted by Gasteiger charge is -2.20. The maximum atomic E-state index is 11.0. The molecular weight excluding hydrogens is 220 g/mol. The maximum absolute atomic E-state index is 11.0. The Morgan fingerprint density at radius 2 is 1.94 bits per heavy atom. The number of amides is 1. The summed E-state index contributed by atoms with van der Waals surface area (Å²) in [6.07, 6.45) is 0. The van der Waals surface area contributed by atoms with Gasteiger partial charge in [0.1, 0.15) is 23.6 Å². The molecule has 1 amide bonds. The summed E-state index contributed by atoms with van der Waals surface area (Å²) in [4.78, 5) is 11.0. The van der Waals surface area contributed by atoms with Crippen molar-refractivity contribution in [1.82, 2.24) is 0 Å². The highest BCUT2D eigenvalue weighted by Gasteiger charge is 2.26. The monoisotopic (exact) mass is 238 g/mol. The van der Waals surface area contributed by atoms with Crippen LogP contribution in [0.1, 0.15) is 13.8 Å². The van der Waals surface area contributed by atoms with Crippen molar-refractivity contribution in [3.05, 3.63) is 24.3 Å². The van der Waals surface area contributed by atoms with Gasteiger partial charge >= 0.3 is 0 Å². The fraction of sp³-hybridized carbons (Fsp3) is 0.417. The van der Waals surface area contributed by atoms with Crippen molar-refractivity contribution in [2.45, 2.75) is 19.4 Å². The minimum absolute atomic E-state index is 0.0257. The van der Waals surface area contributed by atoms with E-state index in [1.807, 2.05) is 13.0 Å². The number of hydrogen-bond acceptors (Lipinski definition) is 4. The summed E-state index contributed by atoms with van der Waals surface area (Å²) in [7, 11) is 0. The second-order valence-corrected chi connectivity index (χ2v) is 3.98. The standard InChI is InChI=1S/C12H18N2O3/c1-3-16-9-5-4-6-10(7-9)17-8-12(2,14)11(13)15/h4-7H,3,8,14H2,1-2H3,(H2,13,15). The topological polar surface area (TPSA) is 87.6 Å². The molecule has 1 rings (SSSR count). The van der Waals surface area contributed by atoms with Crippen molar-refractivity contribution >= 4 is 5.91 Å². The molecule has 1 atom stereocenters. The summed E-state index contributed by atoms with van der Waals surface area (Å²) in [6.45, 7) is 4.04. The van der Waals surface area contributed by atoms with Crippen molar-refractivity contribution in [1.29, 1.82) is 0 Å². The van der Waals surface area contributed by atoms with Gasteiger partial charge in [-0.1, -0.05) is 6.07 Å². The van der Waals surface area contributed by atoms with Gasteiger partial charge in [-0.25, -0.2) is 0 Å². The Kier molecular flexibility index (Phi) is 4.34. The Balaban J connectivity index is 2.63. The van der Waals surface area contributed by atoms with E-state index in [0.717, 1.165) is 0 Å². The van der Waals surface area contributed by atoms with Gasteiger partial charge in [-0.2, -0.15) is 0 Å². The number of benzene rings is 1. The zero-order valence-electron chi connectivity index (χ0n) is 10.1. The predicted octanol–water partition coefficient (Wildman–Crippen LogP) is 0.667. The molecule has 5 heteroatoms. The quantitative estimate of drug-likeness (QED) is 0.762. The molecule has 94 valence electrons. The molecule has 0 saturated heterocycles. The summed E-state index contributed by atoms with van der Waals surface area (Å²) >= 11 is 0. The fourth-order valence-electron chi connectivity index (χ4n) is 1.12. The third kappa shape index (κ3) is 3.96. The Morgan fingerprint density at radius 1 is 1.35 bits per heavy atom. The molecule has 1 aromatic rings. The predicted molar refractivity (Wildman–Crippen MR) is 64.9 cm³/mol. The van der Waals surface area contributed by atoms with Gasteiger partial charge in [0, 0.05) is 6.07 Å². The highest BCUT2D eigenvalue weighted by atomic mass is 16.5. The van der Waals surface area contributed by atoms with Gasteiger partial charge < -0.3 is 20.9 Å². The van der Waals surface area contributed by atoms with Crippen LogP contribution in [0.5, 0.6) is 11.5 Å². The molecule has 0 aliphatic heterocycles. The largest absolute Gasteiger partial charge is 0.494 e. The van der Waals surface area contributed by atoms with Crippen LogP contribution in [0.15, 0.2) is 24.3 Å². The zero-order valence-corrected chi connectivity index (χ0v) is 10.1. The van der Waals surface area contributed by atoms with E-state index in [0.29, 0.717) is 18.1 Å². The highest BCUT2D eigenvalue weighted by Crippen LogP contribution is 2.20. The Morgan fingerprint density at radius 3 is 2.47 bits per heavy atom. The Hall–Kier alpha value is -1.75. The SMILES string of the molecule is CCOc1cccc(OCC(C)(N)C(N)=O)c1. The summed E-state index contributed by atoms with van der Waals surface area (Å²) in [5.74, 6) is 0.704. The van der Waals surface area contributed by atoms with Gasteiger partial charge in [-0.3, -0.25) is 4.79 Å². The normalized spacial score (nSPS) is 13.8. The van der Waals surface area contributed by atoms with Crippen molar-refractivity contribution in [3.8, 4) is 11.5 Å². The van der Waals surface area contributed by atoms with Crippen LogP contribution in [-0.2, 0) is 4.79 Å². The average molecular weight is 238 g/mol. The summed E-state index contributed by atoms with van der Waals surface area (Å²) < 4.78 is 10.7. The number of rotatable bonds is 6. The molecule has 0 saturated carbocycles. The molecule has 0 aliphatic rings. The lowest BCUT2D eigenvalue weighted by Crippen LogP contribution is -2.53. The molecule has 0 heterocycles. The summed E-state index contributed by atoms with van der Waals surface area (Å²) in [6, 6.07) is 7.13. The first-order valence-corrected chi connectivity index (χ1v) is 5.40. The van der Waals surface area contributed by atoms with E-state index in [-0.39, 0.29) is 6.61 Å². The summed E-state index contributed by atoms with van der Waals surface area (Å²) in [5.41, 5.74) is 9.64.